The van der Waals surface area contributed by atoms with Gasteiger partial charge >= 0.3 is 0 Å². The van der Waals surface area contributed by atoms with E-state index in [-0.39, 0.29) is 5.69 Å². The molecule has 2 aromatic carbocycles. The largest absolute Gasteiger partial charge is 0.370 e. The summed E-state index contributed by atoms with van der Waals surface area (Å²) in [5.74, 6) is -0.639. The van der Waals surface area contributed by atoms with Crippen LogP contribution in [0, 0.1) is 15.9 Å². The zero-order valence-corrected chi connectivity index (χ0v) is 11.5. The van der Waals surface area contributed by atoms with Crippen LogP contribution in [0.1, 0.15) is 5.56 Å². The van der Waals surface area contributed by atoms with Gasteiger partial charge in [-0.1, -0.05) is 29.8 Å². The minimum atomic E-state index is -0.639. The van der Waals surface area contributed by atoms with Gasteiger partial charge in [-0.2, -0.15) is 0 Å². The highest BCUT2D eigenvalue weighted by atomic mass is 35.5. The second-order valence-corrected chi connectivity index (χ2v) is 4.78. The Bertz CT molecular complexity index is 649. The van der Waals surface area contributed by atoms with Gasteiger partial charge in [0.1, 0.15) is 5.82 Å². The van der Waals surface area contributed by atoms with Gasteiger partial charge < -0.3 is 4.90 Å². The van der Waals surface area contributed by atoms with Crippen LogP contribution in [0.25, 0.3) is 0 Å². The van der Waals surface area contributed by atoms with Crippen molar-refractivity contribution in [3.8, 4) is 0 Å². The van der Waals surface area contributed by atoms with Crippen molar-refractivity contribution in [3.63, 3.8) is 0 Å². The number of hydrogen-bond acceptors (Lipinski definition) is 3. The zero-order chi connectivity index (χ0) is 14.7. The molecule has 4 nitrogen and oxygen atoms in total. The number of rotatable bonds is 4. The highest BCUT2D eigenvalue weighted by Crippen LogP contribution is 2.25. The predicted octanol–water partition coefficient (Wildman–Crippen LogP) is 4.02. The molecular weight excluding hydrogens is 283 g/mol. The predicted molar refractivity (Wildman–Crippen MR) is 76.6 cm³/mol. The van der Waals surface area contributed by atoms with E-state index >= 15 is 0 Å². The van der Waals surface area contributed by atoms with Crippen LogP contribution in [0.5, 0.6) is 0 Å². The topological polar surface area (TPSA) is 46.4 Å². The summed E-state index contributed by atoms with van der Waals surface area (Å²) in [5.41, 5.74) is 1.02. The van der Waals surface area contributed by atoms with Gasteiger partial charge in [-0.25, -0.2) is 4.39 Å². The van der Waals surface area contributed by atoms with Crippen molar-refractivity contribution in [2.24, 2.45) is 0 Å². The summed E-state index contributed by atoms with van der Waals surface area (Å²) in [4.78, 5) is 11.8. The number of nitro benzene ring substituents is 1. The maximum absolute atomic E-state index is 13.4. The summed E-state index contributed by atoms with van der Waals surface area (Å²) in [6, 6.07) is 10.8. The maximum atomic E-state index is 13.4. The molecule has 6 heteroatoms. The third-order valence-electron chi connectivity index (χ3n) is 2.88. The van der Waals surface area contributed by atoms with Crippen LogP contribution in [0.15, 0.2) is 42.5 Å². The highest BCUT2D eigenvalue weighted by Gasteiger charge is 2.13. The van der Waals surface area contributed by atoms with Crippen LogP contribution >= 0.6 is 11.6 Å². The van der Waals surface area contributed by atoms with E-state index in [4.69, 9.17) is 11.6 Å². The van der Waals surface area contributed by atoms with Crippen LogP contribution in [0.4, 0.5) is 15.8 Å². The summed E-state index contributed by atoms with van der Waals surface area (Å²) in [7, 11) is 1.72. The first-order chi connectivity index (χ1) is 9.47. The van der Waals surface area contributed by atoms with Gasteiger partial charge in [0, 0.05) is 30.4 Å². The number of nitrogens with zero attached hydrogens (tertiary/aromatic N) is 2. The molecule has 0 amide bonds. The molecular formula is C14H12ClFN2O2. The molecule has 2 rings (SSSR count). The molecule has 0 aromatic heterocycles. The van der Waals surface area contributed by atoms with Gasteiger partial charge in [0.05, 0.1) is 11.0 Å². The third-order valence-corrected chi connectivity index (χ3v) is 3.25. The lowest BCUT2D eigenvalue weighted by Gasteiger charge is -2.20. The minimum Gasteiger partial charge on any atom is -0.370 e. The van der Waals surface area contributed by atoms with Gasteiger partial charge in [-0.15, -0.1) is 0 Å². The van der Waals surface area contributed by atoms with Gasteiger partial charge in [-0.05, 0) is 17.7 Å². The number of hydrogen-bond donors (Lipinski definition) is 0. The molecule has 0 spiro atoms. The lowest BCUT2D eigenvalue weighted by molar-refractivity contribution is -0.385. The van der Waals surface area contributed by atoms with Crippen molar-refractivity contribution < 1.29 is 9.31 Å². The van der Waals surface area contributed by atoms with Crippen LogP contribution in [0.2, 0.25) is 5.02 Å². The van der Waals surface area contributed by atoms with E-state index in [1.165, 1.54) is 12.1 Å². The smallest absolute Gasteiger partial charge is 0.274 e. The minimum absolute atomic E-state index is 0.272. The van der Waals surface area contributed by atoms with Crippen molar-refractivity contribution >= 4 is 23.0 Å². The number of benzene rings is 2. The van der Waals surface area contributed by atoms with E-state index in [0.29, 0.717) is 17.3 Å². The van der Waals surface area contributed by atoms with Crippen LogP contribution in [-0.2, 0) is 6.54 Å². The van der Waals surface area contributed by atoms with Crippen LogP contribution < -0.4 is 4.90 Å². The van der Waals surface area contributed by atoms with Gasteiger partial charge in [0.15, 0.2) is 0 Å². The molecule has 0 fully saturated rings. The first kappa shape index (κ1) is 14.3. The maximum Gasteiger partial charge on any atom is 0.274 e. The van der Waals surface area contributed by atoms with Crippen molar-refractivity contribution in [2.45, 2.75) is 6.54 Å². The normalized spacial score (nSPS) is 10.3. The monoisotopic (exact) mass is 294 g/mol. The molecule has 0 aliphatic rings. The Labute approximate surface area is 120 Å². The van der Waals surface area contributed by atoms with Gasteiger partial charge in [0.25, 0.3) is 5.69 Å². The molecule has 0 radical (unpaired) electrons. The molecule has 0 unspecified atom stereocenters. The molecule has 0 aliphatic carbocycles. The Balaban J connectivity index is 2.27. The molecule has 0 heterocycles. The second kappa shape index (κ2) is 5.88. The molecule has 0 saturated heterocycles. The number of non-ortho nitro benzene ring substituents is 1. The molecule has 0 bridgehead atoms. The Morgan fingerprint density at radius 1 is 1.30 bits per heavy atom. The average Bonchev–Trinajstić information content (AvgIpc) is 2.40. The van der Waals surface area contributed by atoms with Crippen molar-refractivity contribution in [2.75, 3.05) is 11.9 Å². The Kier molecular flexibility index (Phi) is 4.20. The van der Waals surface area contributed by atoms with E-state index < -0.39 is 10.7 Å². The Morgan fingerprint density at radius 2 is 2.00 bits per heavy atom. The Morgan fingerprint density at radius 3 is 2.65 bits per heavy atom. The lowest BCUT2D eigenvalue weighted by Crippen LogP contribution is -2.17. The molecule has 2 aromatic rings. The van der Waals surface area contributed by atoms with Gasteiger partial charge in [-0.3, -0.25) is 10.1 Å². The molecule has 104 valence electrons. The fraction of sp³-hybridized carbons (Fsp3) is 0.143. The van der Waals surface area contributed by atoms with E-state index in [1.807, 2.05) is 18.2 Å². The number of nitro groups is 1. The summed E-state index contributed by atoms with van der Waals surface area (Å²) >= 11 is 6.06. The molecule has 0 atom stereocenters. The molecule has 0 N–H and O–H groups in total. The molecule has 0 aliphatic heterocycles. The lowest BCUT2D eigenvalue weighted by atomic mass is 10.2. The van der Waals surface area contributed by atoms with Crippen LogP contribution in [-0.4, -0.2) is 12.0 Å². The van der Waals surface area contributed by atoms with Gasteiger partial charge in [0.2, 0.25) is 0 Å². The first-order valence-electron chi connectivity index (χ1n) is 5.87. The SMILES string of the molecule is CN(Cc1ccccc1Cl)c1cc(F)cc([N+](=O)[O-])c1. The van der Waals surface area contributed by atoms with Crippen molar-refractivity contribution in [1.82, 2.24) is 0 Å². The second-order valence-electron chi connectivity index (χ2n) is 4.37. The third kappa shape index (κ3) is 3.24. The summed E-state index contributed by atoms with van der Waals surface area (Å²) < 4.78 is 13.4. The van der Waals surface area contributed by atoms with E-state index in [1.54, 1.807) is 18.0 Å². The number of halogens is 2. The summed E-state index contributed by atoms with van der Waals surface area (Å²) in [6.45, 7) is 0.431. The average molecular weight is 295 g/mol. The fourth-order valence-electron chi connectivity index (χ4n) is 1.86. The first-order valence-corrected chi connectivity index (χ1v) is 6.24. The summed E-state index contributed by atoms with van der Waals surface area (Å²) in [5, 5.41) is 11.3. The van der Waals surface area contributed by atoms with E-state index in [2.05, 4.69) is 0 Å². The van der Waals surface area contributed by atoms with E-state index in [0.717, 1.165) is 11.6 Å². The van der Waals surface area contributed by atoms with Crippen molar-refractivity contribution in [1.29, 1.82) is 0 Å². The van der Waals surface area contributed by atoms with Crippen LogP contribution in [0.3, 0.4) is 0 Å². The van der Waals surface area contributed by atoms with E-state index in [9.17, 15) is 14.5 Å². The zero-order valence-electron chi connectivity index (χ0n) is 10.7. The standard InChI is InChI=1S/C14H12ClFN2O2/c1-17(9-10-4-2-3-5-14(10)15)12-6-11(16)7-13(8-12)18(19)20/h2-8H,9H2,1H3. The molecule has 20 heavy (non-hydrogen) atoms. The highest BCUT2D eigenvalue weighted by molar-refractivity contribution is 6.31. The summed E-state index contributed by atoms with van der Waals surface area (Å²) in [6.07, 6.45) is 0. The fourth-order valence-corrected chi connectivity index (χ4v) is 2.05. The molecule has 0 saturated carbocycles. The van der Waals surface area contributed by atoms with Crippen molar-refractivity contribution in [3.05, 3.63) is 69.0 Å². The Hall–Kier alpha value is -2.14. The number of anilines is 1. The quantitative estimate of drug-likeness (QED) is 0.632.